The van der Waals surface area contributed by atoms with Gasteiger partial charge in [0, 0.05) is 6.54 Å². The molecule has 0 radical (unpaired) electrons. The highest BCUT2D eigenvalue weighted by atomic mass is 16.3. The average Bonchev–Trinajstić information content (AvgIpc) is 2.71. The van der Waals surface area contributed by atoms with Crippen molar-refractivity contribution in [3.05, 3.63) is 24.2 Å². The average molecular weight is 237 g/mol. The first-order valence-corrected chi connectivity index (χ1v) is 6.64. The number of rotatable bonds is 4. The molecule has 0 spiro atoms. The lowest BCUT2D eigenvalue weighted by Crippen LogP contribution is -2.32. The van der Waals surface area contributed by atoms with Crippen LogP contribution in [0.2, 0.25) is 0 Å². The van der Waals surface area contributed by atoms with E-state index in [0.717, 1.165) is 31.7 Å². The fraction of sp³-hybridized carbons (Fsp3) is 0.714. The molecule has 2 atom stereocenters. The Hall–Kier alpha value is -0.800. The van der Waals surface area contributed by atoms with E-state index < -0.39 is 0 Å². The van der Waals surface area contributed by atoms with Crippen LogP contribution in [0.25, 0.3) is 0 Å². The SMILES string of the molecule is CN(Cc1ccco1)CC1CCCCCC1O. The Balaban J connectivity index is 1.82. The van der Waals surface area contributed by atoms with Gasteiger partial charge in [-0.1, -0.05) is 19.3 Å². The van der Waals surface area contributed by atoms with Crippen molar-refractivity contribution >= 4 is 0 Å². The maximum atomic E-state index is 10.1. The van der Waals surface area contributed by atoms with Crippen LogP contribution in [0.15, 0.2) is 22.8 Å². The molecule has 2 unspecified atom stereocenters. The van der Waals surface area contributed by atoms with Gasteiger partial charge in [-0.15, -0.1) is 0 Å². The maximum Gasteiger partial charge on any atom is 0.117 e. The minimum absolute atomic E-state index is 0.114. The van der Waals surface area contributed by atoms with Crippen molar-refractivity contribution in [1.82, 2.24) is 4.90 Å². The first kappa shape index (κ1) is 12.7. The summed E-state index contributed by atoms with van der Waals surface area (Å²) in [6, 6.07) is 3.92. The molecule has 1 N–H and O–H groups in total. The maximum absolute atomic E-state index is 10.1. The lowest BCUT2D eigenvalue weighted by molar-refractivity contribution is 0.0765. The molecule has 0 aromatic carbocycles. The Morgan fingerprint density at radius 3 is 2.94 bits per heavy atom. The van der Waals surface area contributed by atoms with Gasteiger partial charge in [-0.3, -0.25) is 4.90 Å². The summed E-state index contributed by atoms with van der Waals surface area (Å²) in [5.74, 6) is 1.42. The molecule has 1 fully saturated rings. The van der Waals surface area contributed by atoms with Gasteiger partial charge < -0.3 is 9.52 Å². The highest BCUT2D eigenvalue weighted by Gasteiger charge is 2.22. The molecule has 1 saturated carbocycles. The highest BCUT2D eigenvalue weighted by molar-refractivity contribution is 4.97. The Morgan fingerprint density at radius 2 is 2.18 bits per heavy atom. The monoisotopic (exact) mass is 237 g/mol. The zero-order chi connectivity index (χ0) is 12.1. The summed E-state index contributed by atoms with van der Waals surface area (Å²) in [6.45, 7) is 1.79. The van der Waals surface area contributed by atoms with Gasteiger partial charge in [-0.25, -0.2) is 0 Å². The molecule has 1 heterocycles. The first-order chi connectivity index (χ1) is 8.25. The predicted octanol–water partition coefficient (Wildman–Crippen LogP) is 2.65. The van der Waals surface area contributed by atoms with E-state index in [1.165, 1.54) is 19.3 Å². The normalized spacial score (nSPS) is 26.1. The third kappa shape index (κ3) is 3.86. The summed E-state index contributed by atoms with van der Waals surface area (Å²) in [6.07, 6.45) is 7.44. The van der Waals surface area contributed by atoms with Crippen molar-refractivity contribution < 1.29 is 9.52 Å². The largest absolute Gasteiger partial charge is 0.468 e. The molecule has 1 aliphatic rings. The van der Waals surface area contributed by atoms with Crippen LogP contribution in [0, 0.1) is 5.92 Å². The molecule has 1 aromatic rings. The van der Waals surface area contributed by atoms with Crippen molar-refractivity contribution in [2.75, 3.05) is 13.6 Å². The van der Waals surface area contributed by atoms with E-state index in [-0.39, 0.29) is 6.10 Å². The molecule has 0 bridgehead atoms. The molecule has 0 saturated heterocycles. The summed E-state index contributed by atoms with van der Waals surface area (Å²) in [7, 11) is 2.10. The molecule has 0 aliphatic heterocycles. The van der Waals surface area contributed by atoms with Crippen LogP contribution in [0.4, 0.5) is 0 Å². The van der Waals surface area contributed by atoms with Crippen molar-refractivity contribution in [3.8, 4) is 0 Å². The summed E-state index contributed by atoms with van der Waals surface area (Å²) < 4.78 is 5.34. The molecule has 96 valence electrons. The first-order valence-electron chi connectivity index (χ1n) is 6.64. The fourth-order valence-corrected chi connectivity index (χ4v) is 2.71. The van der Waals surface area contributed by atoms with Gasteiger partial charge >= 0.3 is 0 Å². The van der Waals surface area contributed by atoms with Gasteiger partial charge in [0.15, 0.2) is 0 Å². The summed E-state index contributed by atoms with van der Waals surface area (Å²) in [5, 5.41) is 10.1. The van der Waals surface area contributed by atoms with E-state index in [1.54, 1.807) is 6.26 Å². The lowest BCUT2D eigenvalue weighted by atomic mass is 9.97. The van der Waals surface area contributed by atoms with Crippen molar-refractivity contribution in [2.24, 2.45) is 5.92 Å². The summed E-state index contributed by atoms with van der Waals surface area (Å²) in [4.78, 5) is 2.25. The topological polar surface area (TPSA) is 36.6 Å². The van der Waals surface area contributed by atoms with E-state index >= 15 is 0 Å². The van der Waals surface area contributed by atoms with E-state index in [4.69, 9.17) is 4.42 Å². The minimum atomic E-state index is -0.114. The molecule has 2 rings (SSSR count). The van der Waals surface area contributed by atoms with Gasteiger partial charge in [0.1, 0.15) is 5.76 Å². The highest BCUT2D eigenvalue weighted by Crippen LogP contribution is 2.24. The van der Waals surface area contributed by atoms with Gasteiger partial charge in [0.05, 0.1) is 18.9 Å². The Labute approximate surface area is 103 Å². The van der Waals surface area contributed by atoms with Crippen molar-refractivity contribution in [3.63, 3.8) is 0 Å². The standard InChI is InChI=1S/C14H23NO2/c1-15(11-13-7-5-9-17-13)10-12-6-3-2-4-8-14(12)16/h5,7,9,12,14,16H,2-4,6,8,10-11H2,1H3. The molecule has 3 heteroatoms. The predicted molar refractivity (Wildman–Crippen MR) is 67.6 cm³/mol. The second kappa shape index (κ2) is 6.22. The number of aliphatic hydroxyl groups is 1. The fourth-order valence-electron chi connectivity index (χ4n) is 2.71. The van der Waals surface area contributed by atoms with Crippen LogP contribution in [-0.2, 0) is 6.54 Å². The zero-order valence-corrected chi connectivity index (χ0v) is 10.6. The molecular formula is C14H23NO2. The lowest BCUT2D eigenvalue weighted by Gasteiger charge is -2.25. The molecule has 17 heavy (non-hydrogen) atoms. The van der Waals surface area contributed by atoms with Crippen LogP contribution in [-0.4, -0.2) is 29.7 Å². The third-order valence-electron chi connectivity index (χ3n) is 3.67. The van der Waals surface area contributed by atoms with Crippen molar-refractivity contribution in [1.29, 1.82) is 0 Å². The summed E-state index contributed by atoms with van der Waals surface area (Å²) >= 11 is 0. The van der Waals surface area contributed by atoms with Crippen molar-refractivity contribution in [2.45, 2.75) is 44.8 Å². The third-order valence-corrected chi connectivity index (χ3v) is 3.67. The van der Waals surface area contributed by atoms with E-state index in [2.05, 4.69) is 11.9 Å². The van der Waals surface area contributed by atoms with Crippen LogP contribution in [0.1, 0.15) is 37.9 Å². The zero-order valence-electron chi connectivity index (χ0n) is 10.6. The number of nitrogens with zero attached hydrogens (tertiary/aromatic N) is 1. The smallest absolute Gasteiger partial charge is 0.117 e. The molecule has 3 nitrogen and oxygen atoms in total. The molecule has 0 amide bonds. The summed E-state index contributed by atoms with van der Waals surface area (Å²) in [5.41, 5.74) is 0. The van der Waals surface area contributed by atoms with Crippen LogP contribution >= 0.6 is 0 Å². The van der Waals surface area contributed by atoms with E-state index in [1.807, 2.05) is 12.1 Å². The van der Waals surface area contributed by atoms with Gasteiger partial charge in [-0.2, -0.15) is 0 Å². The second-order valence-electron chi connectivity index (χ2n) is 5.24. The van der Waals surface area contributed by atoms with E-state index in [0.29, 0.717) is 5.92 Å². The Kier molecular flexibility index (Phi) is 4.63. The number of furan rings is 1. The van der Waals surface area contributed by atoms with E-state index in [9.17, 15) is 5.11 Å². The van der Waals surface area contributed by atoms with Gasteiger partial charge in [-0.05, 0) is 37.9 Å². The van der Waals surface area contributed by atoms with Gasteiger partial charge in [0.25, 0.3) is 0 Å². The molecular weight excluding hydrogens is 214 g/mol. The molecule has 1 aromatic heterocycles. The minimum Gasteiger partial charge on any atom is -0.468 e. The van der Waals surface area contributed by atoms with Crippen LogP contribution in [0.5, 0.6) is 0 Å². The number of aliphatic hydroxyl groups excluding tert-OH is 1. The second-order valence-corrected chi connectivity index (χ2v) is 5.24. The molecule has 1 aliphatic carbocycles. The Morgan fingerprint density at radius 1 is 1.35 bits per heavy atom. The van der Waals surface area contributed by atoms with Crippen LogP contribution < -0.4 is 0 Å². The van der Waals surface area contributed by atoms with Crippen LogP contribution in [0.3, 0.4) is 0 Å². The number of hydrogen-bond donors (Lipinski definition) is 1. The Bertz CT molecular complexity index is 310. The number of hydrogen-bond acceptors (Lipinski definition) is 3. The quantitative estimate of drug-likeness (QED) is 0.818. The van der Waals surface area contributed by atoms with Gasteiger partial charge in [0.2, 0.25) is 0 Å².